The Morgan fingerprint density at radius 1 is 0.836 bits per heavy atom. The minimum absolute atomic E-state index is 0.0281. The summed E-state index contributed by atoms with van der Waals surface area (Å²) < 4.78 is 36.3. The predicted octanol–water partition coefficient (Wildman–Crippen LogP) is -8.22. The normalized spacial score (nSPS) is 44.3. The number of carbonyl (C=O) groups excluding carboxylic acids is 1. The third-order valence-electron chi connectivity index (χ3n) is 11.3. The lowest BCUT2D eigenvalue weighted by molar-refractivity contribution is -0.290. The van der Waals surface area contributed by atoms with Crippen molar-refractivity contribution in [2.24, 2.45) is 28.7 Å². The van der Waals surface area contributed by atoms with Crippen LogP contribution in [0, 0.1) is 0 Å². The Bertz CT molecular complexity index is 1200. The van der Waals surface area contributed by atoms with Crippen molar-refractivity contribution in [2.45, 2.75) is 154 Å². The van der Waals surface area contributed by atoms with Gasteiger partial charge in [-0.05, 0) is 58.2 Å². The first kappa shape index (κ1) is 44.8. The van der Waals surface area contributed by atoms with Gasteiger partial charge in [-0.25, -0.2) is 0 Å². The first-order valence-electron chi connectivity index (χ1n) is 19.2. The topological polar surface area (TPSA) is 380 Å². The number of hydrogen-bond donors (Lipinski definition) is 15. The zero-order valence-corrected chi connectivity index (χ0v) is 31.0. The van der Waals surface area contributed by atoms with E-state index in [2.05, 4.69) is 16.0 Å². The zero-order chi connectivity index (χ0) is 40.0. The molecule has 4 saturated heterocycles. The summed E-state index contributed by atoms with van der Waals surface area (Å²) in [6.07, 6.45) is -15.8. The number of nitrogens with two attached hydrogens (primary N) is 5. The number of amides is 1. The molecule has 0 aromatic rings. The van der Waals surface area contributed by atoms with Crippen LogP contribution in [-0.4, -0.2) is 203 Å². The molecule has 0 aromatic carbocycles. The van der Waals surface area contributed by atoms with Gasteiger partial charge in [-0.1, -0.05) is 0 Å². The minimum Gasteiger partial charge on any atom is -0.394 e. The summed E-state index contributed by atoms with van der Waals surface area (Å²) in [6.45, 7) is 1.42. The highest BCUT2D eigenvalue weighted by molar-refractivity contribution is 5.80. The number of hydrogen-bond acceptors (Lipinski definition) is 21. The van der Waals surface area contributed by atoms with Crippen molar-refractivity contribution in [3.63, 3.8) is 0 Å². The molecule has 22 heteroatoms. The number of carbonyl (C=O) groups is 1. The van der Waals surface area contributed by atoms with Gasteiger partial charge in [0.05, 0.1) is 36.4 Å². The van der Waals surface area contributed by atoms with Gasteiger partial charge in [0.15, 0.2) is 18.9 Å². The second-order valence-corrected chi connectivity index (χ2v) is 15.4. The van der Waals surface area contributed by atoms with Crippen molar-refractivity contribution in [3.8, 4) is 0 Å². The van der Waals surface area contributed by atoms with E-state index in [-0.39, 0.29) is 32.0 Å². The van der Waals surface area contributed by atoms with E-state index in [9.17, 15) is 40.5 Å². The molecule has 18 atom stereocenters. The first-order chi connectivity index (χ1) is 26.2. The molecule has 20 N–H and O–H groups in total. The van der Waals surface area contributed by atoms with Crippen molar-refractivity contribution in [2.75, 3.05) is 45.9 Å². The monoisotopic (exact) mass is 796 g/mol. The van der Waals surface area contributed by atoms with Crippen LogP contribution in [0.5, 0.6) is 0 Å². The SMILES string of the molecule is NCCC(O)C(=O)N[C@@H]1C[C@H](N)[C@@H](O[C@H]2O[C@H](CNCC3(O)CCNCC3)CC[C@H]2N)[C@H](O[C@@H]2O[C@H](CO)[C@@H](O[C@H]3O[C@@H](CN)[C@@H](O)[C@H](O)[C@H]3N)[C@H]2O)[C@H]1O. The average Bonchev–Trinajstić information content (AvgIpc) is 3.46. The number of nitrogens with one attached hydrogen (secondary N) is 3. The minimum atomic E-state index is -1.66. The maximum absolute atomic E-state index is 12.8. The molecule has 22 nitrogen and oxygen atoms in total. The summed E-state index contributed by atoms with van der Waals surface area (Å²) in [6, 6.07) is -3.86. The molecule has 320 valence electrons. The Morgan fingerprint density at radius 3 is 2.18 bits per heavy atom. The lowest BCUT2D eigenvalue weighted by Gasteiger charge is -2.47. The van der Waals surface area contributed by atoms with Gasteiger partial charge in [0, 0.05) is 25.7 Å². The number of rotatable bonds is 16. The quantitative estimate of drug-likeness (QED) is 0.0689. The molecule has 0 aromatic heterocycles. The second-order valence-electron chi connectivity index (χ2n) is 15.4. The molecule has 1 unspecified atom stereocenters. The van der Waals surface area contributed by atoms with Crippen LogP contribution in [0.1, 0.15) is 38.5 Å². The zero-order valence-electron chi connectivity index (χ0n) is 31.0. The Kier molecular flexibility index (Phi) is 16.3. The summed E-state index contributed by atoms with van der Waals surface area (Å²) >= 11 is 0. The molecule has 4 aliphatic heterocycles. The number of aliphatic hydroxyl groups is 7. The fourth-order valence-corrected chi connectivity index (χ4v) is 7.84. The Labute approximate surface area is 319 Å². The van der Waals surface area contributed by atoms with Gasteiger partial charge in [-0.2, -0.15) is 0 Å². The lowest BCUT2D eigenvalue weighted by Crippen LogP contribution is -2.67. The van der Waals surface area contributed by atoms with E-state index in [0.717, 1.165) is 13.1 Å². The van der Waals surface area contributed by atoms with E-state index < -0.39 is 122 Å². The van der Waals surface area contributed by atoms with E-state index in [1.165, 1.54) is 0 Å². The second kappa shape index (κ2) is 20.1. The van der Waals surface area contributed by atoms with Crippen LogP contribution in [-0.2, 0) is 33.2 Å². The fraction of sp³-hybridized carbons (Fsp3) is 0.970. The van der Waals surface area contributed by atoms with Crippen LogP contribution >= 0.6 is 0 Å². The number of aliphatic hydroxyl groups excluding tert-OH is 6. The van der Waals surface area contributed by atoms with Crippen LogP contribution in [0.3, 0.4) is 0 Å². The third-order valence-corrected chi connectivity index (χ3v) is 11.3. The van der Waals surface area contributed by atoms with Crippen LogP contribution in [0.4, 0.5) is 0 Å². The van der Waals surface area contributed by atoms with Crippen molar-refractivity contribution in [1.82, 2.24) is 16.0 Å². The molecule has 55 heavy (non-hydrogen) atoms. The van der Waals surface area contributed by atoms with Gasteiger partial charge >= 0.3 is 0 Å². The Hall–Kier alpha value is -1.33. The highest BCUT2D eigenvalue weighted by Gasteiger charge is 2.54. The predicted molar refractivity (Wildman–Crippen MR) is 190 cm³/mol. The molecule has 0 radical (unpaired) electrons. The molecule has 1 saturated carbocycles. The van der Waals surface area contributed by atoms with Crippen LogP contribution in [0.2, 0.25) is 0 Å². The molecule has 1 amide bonds. The van der Waals surface area contributed by atoms with Gasteiger partial charge in [0.25, 0.3) is 0 Å². The molecule has 0 spiro atoms. The maximum Gasteiger partial charge on any atom is 0.249 e. The van der Waals surface area contributed by atoms with Gasteiger partial charge in [-0.15, -0.1) is 0 Å². The molecule has 5 fully saturated rings. The molecule has 5 rings (SSSR count). The fourth-order valence-electron chi connectivity index (χ4n) is 7.84. The Balaban J connectivity index is 1.30. The first-order valence-corrected chi connectivity index (χ1v) is 19.2. The molecule has 4 heterocycles. The smallest absolute Gasteiger partial charge is 0.249 e. The maximum atomic E-state index is 12.8. The summed E-state index contributed by atoms with van der Waals surface area (Å²) in [5.41, 5.74) is 29.5. The molecule has 1 aliphatic carbocycles. The molecule has 0 bridgehead atoms. The largest absolute Gasteiger partial charge is 0.394 e. The van der Waals surface area contributed by atoms with E-state index in [0.29, 0.717) is 38.8 Å². The number of ether oxygens (including phenoxy) is 6. The van der Waals surface area contributed by atoms with E-state index in [4.69, 9.17) is 57.1 Å². The number of piperidine rings is 1. The van der Waals surface area contributed by atoms with Gasteiger partial charge in [-0.3, -0.25) is 4.79 Å². The average molecular weight is 797 g/mol. The standard InChI is InChI=1S/C33H64N8O14/c34-6-3-18(43)29(48)41-17-9-16(37)26(53-30-15(36)2-1-14(50-30)11-40-13-33(49)4-7-39-8-5-33)28(22(17)44)55-32-25(47)27(20(12-42)52-32)54-31-21(38)24(46)23(45)19(10-35)51-31/h14-28,30-32,39-40,42-47,49H,1-13,34-38H2,(H,41,48)/t14-,15+,16-,17+,18?,19-,20+,21+,22-,23+,24+,25+,26+,27+,28+,30+,31+,32-/m0/s1. The molecular weight excluding hydrogens is 732 g/mol. The summed E-state index contributed by atoms with van der Waals surface area (Å²) in [5, 5.41) is 84.3. The van der Waals surface area contributed by atoms with Crippen LogP contribution in [0.15, 0.2) is 0 Å². The summed E-state index contributed by atoms with van der Waals surface area (Å²) in [4.78, 5) is 12.8. The highest BCUT2D eigenvalue weighted by atomic mass is 16.8. The van der Waals surface area contributed by atoms with Gasteiger partial charge in [0.2, 0.25) is 5.91 Å². The summed E-state index contributed by atoms with van der Waals surface area (Å²) in [7, 11) is 0. The summed E-state index contributed by atoms with van der Waals surface area (Å²) in [5.74, 6) is -0.792. The third kappa shape index (κ3) is 10.8. The van der Waals surface area contributed by atoms with E-state index >= 15 is 0 Å². The van der Waals surface area contributed by atoms with Crippen LogP contribution < -0.4 is 44.6 Å². The van der Waals surface area contributed by atoms with E-state index in [1.807, 2.05) is 0 Å². The van der Waals surface area contributed by atoms with Crippen molar-refractivity contribution < 1.29 is 69.0 Å². The van der Waals surface area contributed by atoms with Crippen molar-refractivity contribution in [1.29, 1.82) is 0 Å². The Morgan fingerprint density at radius 2 is 1.51 bits per heavy atom. The molecule has 5 aliphatic rings. The van der Waals surface area contributed by atoms with Crippen molar-refractivity contribution in [3.05, 3.63) is 0 Å². The molecular formula is C33H64N8O14. The lowest BCUT2D eigenvalue weighted by atomic mass is 9.83. The van der Waals surface area contributed by atoms with Gasteiger partial charge in [0.1, 0.15) is 61.0 Å². The van der Waals surface area contributed by atoms with Gasteiger partial charge < -0.3 is 109 Å². The van der Waals surface area contributed by atoms with Crippen molar-refractivity contribution >= 4 is 5.91 Å². The highest BCUT2D eigenvalue weighted by Crippen LogP contribution is 2.34. The van der Waals surface area contributed by atoms with E-state index in [1.54, 1.807) is 0 Å². The van der Waals surface area contributed by atoms with Crippen LogP contribution in [0.25, 0.3) is 0 Å².